The van der Waals surface area contributed by atoms with Crippen LogP contribution in [0.4, 0.5) is 5.95 Å². The number of aromatic nitrogens is 2. The van der Waals surface area contributed by atoms with Crippen LogP contribution in [0.5, 0.6) is 5.88 Å². The van der Waals surface area contributed by atoms with Crippen LogP contribution in [0.15, 0.2) is 30.3 Å². The van der Waals surface area contributed by atoms with Gasteiger partial charge in [0.15, 0.2) is 0 Å². The highest BCUT2D eigenvalue weighted by atomic mass is 35.5. The summed E-state index contributed by atoms with van der Waals surface area (Å²) in [7, 11) is 0. The molecule has 0 saturated carbocycles. The number of unbranched alkanes of at least 4 members (excludes halogenated alkanes) is 2. The van der Waals surface area contributed by atoms with Gasteiger partial charge in [0.05, 0.1) is 5.69 Å². The third-order valence-electron chi connectivity index (χ3n) is 3.69. The van der Waals surface area contributed by atoms with Crippen LogP contribution in [-0.2, 0) is 0 Å². The lowest BCUT2D eigenvalue weighted by Gasteiger charge is -2.22. The van der Waals surface area contributed by atoms with Crippen molar-refractivity contribution in [1.82, 2.24) is 9.97 Å². The van der Waals surface area contributed by atoms with E-state index in [1.807, 2.05) is 24.3 Å². The molecule has 2 rings (SSSR count). The first-order valence-corrected chi connectivity index (χ1v) is 8.60. The van der Waals surface area contributed by atoms with Crippen molar-refractivity contribution in [2.24, 2.45) is 0 Å². The number of hydrogen-bond acceptors (Lipinski definition) is 4. The van der Waals surface area contributed by atoms with Crippen molar-refractivity contribution in [3.8, 4) is 17.1 Å². The van der Waals surface area contributed by atoms with Crippen LogP contribution in [0.2, 0.25) is 5.02 Å². The first-order valence-electron chi connectivity index (χ1n) is 8.23. The van der Waals surface area contributed by atoms with Crippen molar-refractivity contribution < 1.29 is 5.11 Å². The molecule has 0 bridgehead atoms. The molecular formula is C18H24ClN3O. The van der Waals surface area contributed by atoms with E-state index in [0.717, 1.165) is 44.3 Å². The number of anilines is 1. The van der Waals surface area contributed by atoms with E-state index in [1.165, 1.54) is 0 Å². The molecule has 5 heteroatoms. The number of hydrogen-bond donors (Lipinski definition) is 1. The van der Waals surface area contributed by atoms with Gasteiger partial charge in [-0.15, -0.1) is 0 Å². The standard InChI is InChI=1S/C18H24ClN3O/c1-3-5-11-22(12-6-4-2)18-20-16(13-17(23)21-18)14-7-9-15(19)10-8-14/h7-10,13H,3-6,11-12H2,1-2H3,(H,20,21,23). The quantitative estimate of drug-likeness (QED) is 0.745. The first kappa shape index (κ1) is 17.5. The number of nitrogens with zero attached hydrogens (tertiary/aromatic N) is 3. The maximum absolute atomic E-state index is 10.0. The molecule has 0 aliphatic heterocycles. The Morgan fingerprint density at radius 3 is 2.17 bits per heavy atom. The highest BCUT2D eigenvalue weighted by Gasteiger charge is 2.12. The van der Waals surface area contributed by atoms with Crippen molar-refractivity contribution in [2.45, 2.75) is 39.5 Å². The molecule has 124 valence electrons. The fourth-order valence-corrected chi connectivity index (χ4v) is 2.47. The van der Waals surface area contributed by atoms with E-state index in [0.29, 0.717) is 16.7 Å². The Balaban J connectivity index is 2.31. The molecule has 0 amide bonds. The molecule has 4 nitrogen and oxygen atoms in total. The minimum absolute atomic E-state index is 0.00190. The van der Waals surface area contributed by atoms with Crippen LogP contribution >= 0.6 is 11.6 Å². The van der Waals surface area contributed by atoms with Crippen LogP contribution in [0.1, 0.15) is 39.5 Å². The molecule has 0 aliphatic carbocycles. The van der Waals surface area contributed by atoms with Crippen LogP contribution in [-0.4, -0.2) is 28.2 Å². The van der Waals surface area contributed by atoms with E-state index < -0.39 is 0 Å². The normalized spacial score (nSPS) is 10.7. The third-order valence-corrected chi connectivity index (χ3v) is 3.94. The molecule has 1 aromatic carbocycles. The second kappa shape index (κ2) is 8.73. The van der Waals surface area contributed by atoms with Gasteiger partial charge >= 0.3 is 0 Å². The van der Waals surface area contributed by atoms with Gasteiger partial charge in [0, 0.05) is 29.7 Å². The predicted octanol–water partition coefficient (Wildman–Crippen LogP) is 4.91. The fraction of sp³-hybridized carbons (Fsp3) is 0.444. The predicted molar refractivity (Wildman–Crippen MR) is 96.2 cm³/mol. The Labute approximate surface area is 143 Å². The molecule has 0 spiro atoms. The average molecular weight is 334 g/mol. The molecule has 0 saturated heterocycles. The maximum atomic E-state index is 10.0. The lowest BCUT2D eigenvalue weighted by molar-refractivity contribution is 0.451. The van der Waals surface area contributed by atoms with Gasteiger partial charge < -0.3 is 10.0 Å². The topological polar surface area (TPSA) is 49.2 Å². The van der Waals surface area contributed by atoms with Crippen molar-refractivity contribution in [3.63, 3.8) is 0 Å². The molecule has 1 aromatic heterocycles. The summed E-state index contributed by atoms with van der Waals surface area (Å²) in [5, 5.41) is 10.7. The largest absolute Gasteiger partial charge is 0.493 e. The smallest absolute Gasteiger partial charge is 0.229 e. The molecule has 23 heavy (non-hydrogen) atoms. The zero-order chi connectivity index (χ0) is 16.7. The summed E-state index contributed by atoms with van der Waals surface area (Å²) < 4.78 is 0. The Hall–Kier alpha value is -1.81. The minimum atomic E-state index is -0.00190. The van der Waals surface area contributed by atoms with Crippen molar-refractivity contribution in [3.05, 3.63) is 35.4 Å². The molecule has 0 atom stereocenters. The second-order valence-corrected chi connectivity index (χ2v) is 6.05. The van der Waals surface area contributed by atoms with Gasteiger partial charge in [-0.05, 0) is 25.0 Å². The Kier molecular flexibility index (Phi) is 6.66. The van der Waals surface area contributed by atoms with Gasteiger partial charge in [-0.25, -0.2) is 4.98 Å². The second-order valence-electron chi connectivity index (χ2n) is 5.61. The van der Waals surface area contributed by atoms with Crippen LogP contribution < -0.4 is 4.90 Å². The van der Waals surface area contributed by atoms with Gasteiger partial charge in [-0.3, -0.25) is 0 Å². The van der Waals surface area contributed by atoms with E-state index in [9.17, 15) is 5.11 Å². The van der Waals surface area contributed by atoms with Gasteiger partial charge in [0.1, 0.15) is 0 Å². The summed E-state index contributed by atoms with van der Waals surface area (Å²) in [5.74, 6) is 0.592. The third kappa shape index (κ3) is 5.10. The zero-order valence-electron chi connectivity index (χ0n) is 13.8. The van der Waals surface area contributed by atoms with E-state index in [4.69, 9.17) is 11.6 Å². The van der Waals surface area contributed by atoms with Crippen molar-refractivity contribution in [2.75, 3.05) is 18.0 Å². The Morgan fingerprint density at radius 2 is 1.61 bits per heavy atom. The number of halogens is 1. The van der Waals surface area contributed by atoms with Crippen LogP contribution in [0.25, 0.3) is 11.3 Å². The molecule has 0 unspecified atom stereocenters. The summed E-state index contributed by atoms with van der Waals surface area (Å²) >= 11 is 5.94. The summed E-state index contributed by atoms with van der Waals surface area (Å²) in [6.07, 6.45) is 4.40. The molecule has 2 aromatic rings. The molecule has 1 heterocycles. The molecule has 1 N–H and O–H groups in total. The lowest BCUT2D eigenvalue weighted by atomic mass is 10.1. The van der Waals surface area contributed by atoms with E-state index in [-0.39, 0.29) is 5.88 Å². The number of aromatic hydroxyl groups is 1. The molecule has 0 fully saturated rings. The Morgan fingerprint density at radius 1 is 1.00 bits per heavy atom. The van der Waals surface area contributed by atoms with Gasteiger partial charge in [-0.1, -0.05) is 50.4 Å². The van der Waals surface area contributed by atoms with Gasteiger partial charge in [0.25, 0.3) is 0 Å². The zero-order valence-corrected chi connectivity index (χ0v) is 14.6. The summed E-state index contributed by atoms with van der Waals surface area (Å²) in [4.78, 5) is 11.0. The number of rotatable bonds is 8. The summed E-state index contributed by atoms with van der Waals surface area (Å²) in [5.41, 5.74) is 1.63. The minimum Gasteiger partial charge on any atom is -0.493 e. The van der Waals surface area contributed by atoms with Gasteiger partial charge in [-0.2, -0.15) is 4.98 Å². The molecular weight excluding hydrogens is 310 g/mol. The first-order chi connectivity index (χ1) is 11.1. The summed E-state index contributed by atoms with van der Waals surface area (Å²) in [6, 6.07) is 9.03. The van der Waals surface area contributed by atoms with Gasteiger partial charge in [0.2, 0.25) is 11.8 Å². The van der Waals surface area contributed by atoms with Crippen LogP contribution in [0, 0.1) is 0 Å². The monoisotopic (exact) mass is 333 g/mol. The highest BCUT2D eigenvalue weighted by Crippen LogP contribution is 2.25. The molecule has 0 radical (unpaired) electrons. The highest BCUT2D eigenvalue weighted by molar-refractivity contribution is 6.30. The number of benzene rings is 1. The van der Waals surface area contributed by atoms with Crippen molar-refractivity contribution in [1.29, 1.82) is 0 Å². The average Bonchev–Trinajstić information content (AvgIpc) is 2.55. The van der Waals surface area contributed by atoms with E-state index in [2.05, 4.69) is 28.7 Å². The van der Waals surface area contributed by atoms with Crippen molar-refractivity contribution >= 4 is 17.5 Å². The van der Waals surface area contributed by atoms with E-state index >= 15 is 0 Å². The lowest BCUT2D eigenvalue weighted by Crippen LogP contribution is -2.27. The fourth-order valence-electron chi connectivity index (χ4n) is 2.34. The SMILES string of the molecule is CCCCN(CCCC)c1nc(O)cc(-c2ccc(Cl)cc2)n1. The van der Waals surface area contributed by atoms with E-state index in [1.54, 1.807) is 6.07 Å². The maximum Gasteiger partial charge on any atom is 0.229 e. The van der Waals surface area contributed by atoms with Crippen LogP contribution in [0.3, 0.4) is 0 Å². The Bertz CT molecular complexity index is 608. The molecule has 0 aliphatic rings. The summed E-state index contributed by atoms with van der Waals surface area (Å²) in [6.45, 7) is 6.14.